The third kappa shape index (κ3) is 4.69. The fourth-order valence-corrected chi connectivity index (χ4v) is 3.78. The zero-order chi connectivity index (χ0) is 21.1. The van der Waals surface area contributed by atoms with Crippen molar-refractivity contribution in [3.05, 3.63) is 41.2 Å². The molecule has 1 saturated heterocycles. The molecule has 30 heavy (non-hydrogen) atoms. The van der Waals surface area contributed by atoms with Crippen molar-refractivity contribution in [1.29, 1.82) is 0 Å². The van der Waals surface area contributed by atoms with E-state index in [4.69, 9.17) is 21.1 Å². The van der Waals surface area contributed by atoms with E-state index < -0.39 is 5.82 Å². The highest BCUT2D eigenvalue weighted by Crippen LogP contribution is 2.33. The highest BCUT2D eigenvalue weighted by Gasteiger charge is 2.14. The van der Waals surface area contributed by atoms with Crippen molar-refractivity contribution in [2.75, 3.05) is 53.5 Å². The summed E-state index contributed by atoms with van der Waals surface area (Å²) in [4.78, 5) is 12.5. The Bertz CT molecular complexity index is 979. The van der Waals surface area contributed by atoms with Crippen LogP contribution in [0.3, 0.4) is 0 Å². The minimum absolute atomic E-state index is 0.0541. The number of H-pyrrole nitrogens is 1. The number of likely N-dealkylation sites (N-methyl/N-ethyl adjacent to an activating group) is 1. The van der Waals surface area contributed by atoms with Crippen LogP contribution in [-0.4, -0.2) is 73.3 Å². The van der Waals surface area contributed by atoms with Gasteiger partial charge in [-0.2, -0.15) is 0 Å². The van der Waals surface area contributed by atoms with Crippen LogP contribution in [0.2, 0.25) is 5.02 Å². The minimum Gasteiger partial charge on any atom is -0.493 e. The molecule has 3 aromatic rings. The molecule has 1 aromatic heterocycles. The van der Waals surface area contributed by atoms with Gasteiger partial charge in [0.15, 0.2) is 11.5 Å². The monoisotopic (exact) mass is 432 g/mol. The van der Waals surface area contributed by atoms with Crippen LogP contribution in [-0.2, 0) is 0 Å². The third-order valence-corrected chi connectivity index (χ3v) is 5.72. The maximum atomic E-state index is 13.7. The van der Waals surface area contributed by atoms with Gasteiger partial charge >= 0.3 is 0 Å². The molecule has 0 radical (unpaired) electrons. The Morgan fingerprint density at radius 3 is 2.70 bits per heavy atom. The van der Waals surface area contributed by atoms with Gasteiger partial charge in [0.2, 0.25) is 0 Å². The number of ether oxygens (including phenoxy) is 2. The van der Waals surface area contributed by atoms with Crippen molar-refractivity contribution < 1.29 is 13.9 Å². The number of halogens is 2. The van der Waals surface area contributed by atoms with Gasteiger partial charge in [-0.15, -0.1) is 0 Å². The Morgan fingerprint density at radius 2 is 1.93 bits per heavy atom. The maximum Gasteiger partial charge on any atom is 0.161 e. The minimum atomic E-state index is -0.475. The van der Waals surface area contributed by atoms with E-state index in [2.05, 4.69) is 26.8 Å². The highest BCUT2D eigenvalue weighted by molar-refractivity contribution is 6.31. The van der Waals surface area contributed by atoms with Gasteiger partial charge in [0, 0.05) is 44.4 Å². The van der Waals surface area contributed by atoms with Crippen molar-refractivity contribution in [2.45, 2.75) is 6.42 Å². The molecule has 0 spiro atoms. The Kier molecular flexibility index (Phi) is 6.41. The number of hydrogen-bond donors (Lipinski definition) is 1. The van der Waals surface area contributed by atoms with E-state index >= 15 is 0 Å². The molecule has 0 amide bonds. The summed E-state index contributed by atoms with van der Waals surface area (Å²) in [7, 11) is 3.78. The largest absolute Gasteiger partial charge is 0.493 e. The molecule has 0 unspecified atom stereocenters. The molecule has 0 aliphatic carbocycles. The zero-order valence-electron chi connectivity index (χ0n) is 17.3. The van der Waals surface area contributed by atoms with E-state index in [1.165, 1.54) is 12.1 Å². The van der Waals surface area contributed by atoms with E-state index in [0.717, 1.165) is 44.7 Å². The quantitative estimate of drug-likeness (QED) is 0.571. The topological polar surface area (TPSA) is 53.6 Å². The summed E-state index contributed by atoms with van der Waals surface area (Å²) < 4.78 is 25.2. The first-order valence-corrected chi connectivity index (χ1v) is 10.5. The molecule has 1 fully saturated rings. The van der Waals surface area contributed by atoms with Crippen molar-refractivity contribution in [3.8, 4) is 22.9 Å². The summed E-state index contributed by atoms with van der Waals surface area (Å²) in [6, 6.07) is 8.52. The van der Waals surface area contributed by atoms with Gasteiger partial charge in [-0.3, -0.25) is 0 Å². The number of imidazole rings is 1. The van der Waals surface area contributed by atoms with Crippen LogP contribution < -0.4 is 9.47 Å². The second-order valence-corrected chi connectivity index (χ2v) is 7.99. The summed E-state index contributed by atoms with van der Waals surface area (Å²) in [5.41, 5.74) is 2.03. The van der Waals surface area contributed by atoms with Crippen LogP contribution in [0, 0.1) is 5.82 Å². The second-order valence-electron chi connectivity index (χ2n) is 7.58. The molecule has 1 aliphatic rings. The lowest BCUT2D eigenvalue weighted by molar-refractivity contribution is 0.145. The average Bonchev–Trinajstić information content (AvgIpc) is 3.15. The number of benzene rings is 2. The van der Waals surface area contributed by atoms with Crippen LogP contribution in [0.5, 0.6) is 11.5 Å². The summed E-state index contributed by atoms with van der Waals surface area (Å²) in [5, 5.41) is 0.0541. The maximum absolute atomic E-state index is 13.7. The Balaban J connectivity index is 1.40. The predicted molar refractivity (Wildman–Crippen MR) is 117 cm³/mol. The normalized spacial score (nSPS) is 15.6. The van der Waals surface area contributed by atoms with E-state index in [9.17, 15) is 4.39 Å². The average molecular weight is 433 g/mol. The van der Waals surface area contributed by atoms with Crippen LogP contribution in [0.1, 0.15) is 6.42 Å². The summed E-state index contributed by atoms with van der Waals surface area (Å²) in [5.74, 6) is 1.48. The Morgan fingerprint density at radius 1 is 1.13 bits per heavy atom. The lowest BCUT2D eigenvalue weighted by Crippen LogP contribution is -2.44. The van der Waals surface area contributed by atoms with Gasteiger partial charge in [0.25, 0.3) is 0 Å². The van der Waals surface area contributed by atoms with Crippen LogP contribution in [0.4, 0.5) is 4.39 Å². The van der Waals surface area contributed by atoms with Gasteiger partial charge < -0.3 is 24.3 Å². The first kappa shape index (κ1) is 20.9. The molecule has 6 nitrogen and oxygen atoms in total. The van der Waals surface area contributed by atoms with E-state index in [0.29, 0.717) is 35.0 Å². The number of piperazine rings is 1. The molecule has 0 bridgehead atoms. The summed E-state index contributed by atoms with van der Waals surface area (Å²) in [6.07, 6.45) is 0.963. The summed E-state index contributed by atoms with van der Waals surface area (Å²) in [6.45, 7) is 6.13. The van der Waals surface area contributed by atoms with Crippen molar-refractivity contribution >= 4 is 22.6 Å². The van der Waals surface area contributed by atoms with E-state index in [-0.39, 0.29) is 5.02 Å². The molecule has 1 N–H and O–H groups in total. The highest BCUT2D eigenvalue weighted by atomic mass is 35.5. The Hall–Kier alpha value is -2.35. The molecule has 1 aliphatic heterocycles. The number of nitrogens with zero attached hydrogens (tertiary/aromatic N) is 3. The van der Waals surface area contributed by atoms with Crippen molar-refractivity contribution in [3.63, 3.8) is 0 Å². The van der Waals surface area contributed by atoms with Crippen LogP contribution >= 0.6 is 11.6 Å². The number of rotatable bonds is 7. The van der Waals surface area contributed by atoms with Crippen molar-refractivity contribution in [1.82, 2.24) is 19.8 Å². The lowest BCUT2D eigenvalue weighted by atomic mass is 10.2. The smallest absolute Gasteiger partial charge is 0.161 e. The van der Waals surface area contributed by atoms with Crippen LogP contribution in [0.15, 0.2) is 30.3 Å². The van der Waals surface area contributed by atoms with Crippen molar-refractivity contribution in [2.24, 2.45) is 0 Å². The fourth-order valence-electron chi connectivity index (χ4n) is 3.62. The molecule has 0 atom stereocenters. The van der Waals surface area contributed by atoms with E-state index in [1.807, 2.05) is 18.2 Å². The zero-order valence-corrected chi connectivity index (χ0v) is 18.0. The van der Waals surface area contributed by atoms with Gasteiger partial charge in [0.1, 0.15) is 11.6 Å². The second kappa shape index (κ2) is 9.20. The van der Waals surface area contributed by atoms with Crippen LogP contribution in [0.25, 0.3) is 22.4 Å². The molecular formula is C22H26ClFN4O2. The Labute approximate surface area is 180 Å². The fraction of sp³-hybridized carbons (Fsp3) is 0.409. The van der Waals surface area contributed by atoms with Gasteiger partial charge in [0.05, 0.1) is 29.8 Å². The van der Waals surface area contributed by atoms with Gasteiger partial charge in [-0.1, -0.05) is 11.6 Å². The molecule has 4 rings (SSSR count). The molecule has 8 heteroatoms. The number of aromatic nitrogens is 2. The first-order valence-electron chi connectivity index (χ1n) is 10.1. The first-order chi connectivity index (χ1) is 14.5. The predicted octanol–water partition coefficient (Wildman–Crippen LogP) is 4.05. The number of fused-ring (bicyclic) bond motifs is 1. The number of nitrogens with one attached hydrogen (secondary N) is 1. The molecule has 0 saturated carbocycles. The van der Waals surface area contributed by atoms with Gasteiger partial charge in [-0.25, -0.2) is 9.37 Å². The number of hydrogen-bond acceptors (Lipinski definition) is 5. The summed E-state index contributed by atoms with van der Waals surface area (Å²) >= 11 is 5.86. The molecule has 160 valence electrons. The lowest BCUT2D eigenvalue weighted by Gasteiger charge is -2.32. The molecular weight excluding hydrogens is 407 g/mol. The molecule has 2 aromatic carbocycles. The van der Waals surface area contributed by atoms with Gasteiger partial charge in [-0.05, 0) is 37.7 Å². The number of methoxy groups -OCH3 is 1. The number of aromatic amines is 1. The SMILES string of the molecule is COc1cc(-c2nc3cc(Cl)c(F)cc3[nH]2)ccc1OCCCN1CCN(C)CC1. The third-order valence-electron chi connectivity index (χ3n) is 5.43. The molecule has 2 heterocycles. The van der Waals surface area contributed by atoms with E-state index in [1.54, 1.807) is 7.11 Å². The standard InChI is InChI=1S/C22H26ClFN4O2/c1-27-7-9-28(10-8-27)6-3-11-30-20-5-4-15(12-21(20)29-2)22-25-18-13-16(23)17(24)14-19(18)26-22/h4-5,12-14H,3,6-11H2,1-2H3,(H,25,26).